The number of aryl methyl sites for hydroxylation is 1. The summed E-state index contributed by atoms with van der Waals surface area (Å²) in [6, 6.07) is 13.8. The molecule has 2 atom stereocenters. The average molecular weight is 798 g/mol. The van der Waals surface area contributed by atoms with Crippen molar-refractivity contribution < 1.29 is 37.4 Å². The first-order valence-corrected chi connectivity index (χ1v) is 17.1. The van der Waals surface area contributed by atoms with Crippen molar-refractivity contribution >= 4 is 45.5 Å². The van der Waals surface area contributed by atoms with Gasteiger partial charge in [-0.3, -0.25) is 24.5 Å². The summed E-state index contributed by atoms with van der Waals surface area (Å²) < 4.78 is 39.9. The Hall–Kier alpha value is -5.97. The van der Waals surface area contributed by atoms with E-state index >= 15 is 0 Å². The lowest BCUT2D eigenvalue weighted by Gasteiger charge is -2.16. The number of anilines is 1. The van der Waals surface area contributed by atoms with Crippen LogP contribution in [0.15, 0.2) is 65.3 Å². The van der Waals surface area contributed by atoms with Gasteiger partial charge in [-0.2, -0.15) is 0 Å². The molecule has 0 spiro atoms. The van der Waals surface area contributed by atoms with E-state index in [1.807, 2.05) is 0 Å². The molecule has 2 unspecified atom stereocenters. The molecule has 0 fully saturated rings. The van der Waals surface area contributed by atoms with E-state index in [1.165, 1.54) is 32.3 Å². The Labute approximate surface area is 312 Å². The first kappa shape index (κ1) is 39.8. The van der Waals surface area contributed by atoms with Crippen LogP contribution < -0.4 is 30.7 Å². The van der Waals surface area contributed by atoms with Gasteiger partial charge in [-0.15, -0.1) is 0 Å². The molecule has 0 saturated carbocycles. The van der Waals surface area contributed by atoms with Crippen molar-refractivity contribution in [3.8, 4) is 11.5 Å². The Morgan fingerprint density at radius 3 is 1.89 bits per heavy atom. The summed E-state index contributed by atoms with van der Waals surface area (Å²) >= 11 is 3.30. The van der Waals surface area contributed by atoms with Crippen LogP contribution in [0.4, 0.5) is 14.7 Å². The molecule has 3 aromatic heterocycles. The van der Waals surface area contributed by atoms with Gasteiger partial charge in [0, 0.05) is 49.7 Å². The van der Waals surface area contributed by atoms with Gasteiger partial charge in [0.15, 0.2) is 11.5 Å². The Bertz CT molecular complexity index is 2090. The van der Waals surface area contributed by atoms with Crippen molar-refractivity contribution in [1.82, 2.24) is 35.9 Å². The van der Waals surface area contributed by atoms with Gasteiger partial charge >= 0.3 is 0 Å². The maximum absolute atomic E-state index is 14.0. The topological polar surface area (TPSA) is 195 Å². The van der Waals surface area contributed by atoms with E-state index < -0.39 is 41.6 Å². The molecule has 53 heavy (non-hydrogen) atoms. The zero-order valence-electron chi connectivity index (χ0n) is 29.7. The highest BCUT2D eigenvalue weighted by Crippen LogP contribution is 2.36. The molecule has 0 saturated heterocycles. The third-order valence-corrected chi connectivity index (χ3v) is 8.37. The summed E-state index contributed by atoms with van der Waals surface area (Å²) in [4.78, 5) is 61.3. The Kier molecular flexibility index (Phi) is 13.5. The second-order valence-corrected chi connectivity index (χ2v) is 12.2. The molecule has 5 aromatic rings. The van der Waals surface area contributed by atoms with E-state index in [9.17, 15) is 28.0 Å². The number of amides is 4. The molecule has 0 aliphatic rings. The number of hydrogen-bond donors (Lipinski definition) is 7. The molecule has 280 valence electrons. The number of rotatable bonds is 12. The van der Waals surface area contributed by atoms with Gasteiger partial charge in [0.05, 0.1) is 4.47 Å². The van der Waals surface area contributed by atoms with Crippen LogP contribution in [0.1, 0.15) is 91.8 Å². The molecule has 4 amide bonds. The van der Waals surface area contributed by atoms with Crippen LogP contribution in [0.3, 0.4) is 0 Å². The molecule has 2 aromatic carbocycles. The number of carbonyl (C=O) groups excluding carboxylic acids is 4. The minimum atomic E-state index is -0.677. The van der Waals surface area contributed by atoms with Crippen molar-refractivity contribution in [2.24, 2.45) is 0 Å². The zero-order chi connectivity index (χ0) is 38.8. The number of carbonyl (C=O) groups is 4. The highest BCUT2D eigenvalue weighted by Gasteiger charge is 2.27. The van der Waals surface area contributed by atoms with Gasteiger partial charge in [-0.05, 0) is 55.8 Å². The molecule has 5 rings (SSSR count). The average Bonchev–Trinajstić information content (AvgIpc) is 3.85. The highest BCUT2D eigenvalue weighted by atomic mass is 79.9. The van der Waals surface area contributed by atoms with Gasteiger partial charge < -0.3 is 40.4 Å². The number of imidazole rings is 1. The van der Waals surface area contributed by atoms with Crippen LogP contribution in [-0.2, 0) is 0 Å². The first-order valence-electron chi connectivity index (χ1n) is 16.3. The fourth-order valence-corrected chi connectivity index (χ4v) is 5.53. The zero-order valence-corrected chi connectivity index (χ0v) is 31.3. The van der Waals surface area contributed by atoms with E-state index in [0.717, 1.165) is 5.69 Å². The predicted molar refractivity (Wildman–Crippen MR) is 196 cm³/mol. The van der Waals surface area contributed by atoms with Crippen LogP contribution in [0.5, 0.6) is 11.5 Å². The standard InChI is InChI=1S/C19H20FN5O3.C17H19BrFN3O3/c1-10-9-22-19(23-10)25-17(26)14-8-15(16(24-14)18(27)21-3)28-11(2)12-6-4-5-7-13(12)20;1-4-21-17(24)13-12(18)15(14(22-13)16(23)20-3)25-9(2)10-7-5-6-8-11(10)19/h4-9,11,24H,1-3H3,(H,21,27)(H2,22,23,25,26);5-9,22H,4H2,1-3H3,(H,20,23)(H,21,24). The van der Waals surface area contributed by atoms with E-state index in [-0.39, 0.29) is 46.1 Å². The third kappa shape index (κ3) is 9.68. The van der Waals surface area contributed by atoms with Crippen molar-refractivity contribution in [2.45, 2.75) is 39.9 Å². The van der Waals surface area contributed by atoms with Crippen molar-refractivity contribution in [2.75, 3.05) is 26.0 Å². The Morgan fingerprint density at radius 2 is 1.36 bits per heavy atom. The van der Waals surface area contributed by atoms with Gasteiger partial charge in [-0.25, -0.2) is 13.8 Å². The monoisotopic (exact) mass is 796 g/mol. The number of aromatic amines is 3. The molecule has 0 aliphatic carbocycles. The van der Waals surface area contributed by atoms with Crippen LogP contribution in [0.2, 0.25) is 0 Å². The molecule has 17 heteroatoms. The highest BCUT2D eigenvalue weighted by molar-refractivity contribution is 9.10. The van der Waals surface area contributed by atoms with E-state index in [4.69, 9.17) is 9.47 Å². The SMILES string of the molecule is CCNC(=O)c1[nH]c(C(=O)NC)c(OC(C)c2ccccc2F)c1Br.CNC(=O)c1[nH]c(C(=O)Nc2ncc(C)[nH]2)cc1OC(C)c1ccccc1F. The molecule has 14 nitrogen and oxygen atoms in total. The Morgan fingerprint density at radius 1 is 0.792 bits per heavy atom. The quantitative estimate of drug-likeness (QED) is 0.0792. The number of halogens is 3. The largest absolute Gasteiger partial charge is 0.483 e. The van der Waals surface area contributed by atoms with Gasteiger partial charge in [-0.1, -0.05) is 36.4 Å². The van der Waals surface area contributed by atoms with Gasteiger partial charge in [0.2, 0.25) is 5.95 Å². The number of hydrogen-bond acceptors (Lipinski definition) is 7. The van der Waals surface area contributed by atoms with Crippen molar-refractivity contribution in [1.29, 1.82) is 0 Å². The van der Waals surface area contributed by atoms with E-state index in [1.54, 1.807) is 70.3 Å². The molecule has 3 heterocycles. The number of nitrogens with zero attached hydrogens (tertiary/aromatic N) is 1. The number of benzene rings is 2. The summed E-state index contributed by atoms with van der Waals surface area (Å²) in [6.45, 7) is 7.34. The third-order valence-electron chi connectivity index (χ3n) is 7.61. The van der Waals surface area contributed by atoms with Crippen molar-refractivity contribution in [3.05, 3.63) is 116 Å². The van der Waals surface area contributed by atoms with Gasteiger partial charge in [0.25, 0.3) is 23.6 Å². The number of nitrogens with one attached hydrogen (secondary N) is 7. The molecule has 0 radical (unpaired) electrons. The normalized spacial score (nSPS) is 11.7. The van der Waals surface area contributed by atoms with Crippen LogP contribution in [0, 0.1) is 18.6 Å². The summed E-state index contributed by atoms with van der Waals surface area (Å²) in [5.74, 6) is -2.07. The van der Waals surface area contributed by atoms with Gasteiger partial charge in [0.1, 0.15) is 46.6 Å². The lowest BCUT2D eigenvalue weighted by atomic mass is 10.1. The summed E-state index contributed by atoms with van der Waals surface area (Å²) in [5.41, 5.74) is 1.88. The minimum Gasteiger partial charge on any atom is -0.483 e. The number of aromatic nitrogens is 4. The lowest BCUT2D eigenvalue weighted by molar-refractivity contribution is 0.0938. The maximum atomic E-state index is 14.0. The molecular formula is C36H39BrF2N8O6. The van der Waals surface area contributed by atoms with Crippen molar-refractivity contribution in [3.63, 3.8) is 0 Å². The molecular weight excluding hydrogens is 758 g/mol. The van der Waals surface area contributed by atoms with Crippen LogP contribution in [0.25, 0.3) is 0 Å². The Balaban J connectivity index is 0.000000238. The first-order chi connectivity index (χ1) is 25.3. The van der Waals surface area contributed by atoms with E-state index in [2.05, 4.69) is 57.1 Å². The number of ether oxygens (including phenoxy) is 2. The molecule has 7 N–H and O–H groups in total. The van der Waals surface area contributed by atoms with Crippen LogP contribution >= 0.6 is 15.9 Å². The smallest absolute Gasteiger partial charge is 0.274 e. The minimum absolute atomic E-state index is 0.0615. The molecule has 0 aliphatic heterocycles. The summed E-state index contributed by atoms with van der Waals surface area (Å²) in [5, 5.41) is 10.2. The fraction of sp³-hybridized carbons (Fsp3) is 0.250. The number of H-pyrrole nitrogens is 3. The second kappa shape index (κ2) is 18.0. The molecule has 0 bridgehead atoms. The summed E-state index contributed by atoms with van der Waals surface area (Å²) in [7, 11) is 2.92. The lowest BCUT2D eigenvalue weighted by Crippen LogP contribution is -2.24. The summed E-state index contributed by atoms with van der Waals surface area (Å²) in [6.07, 6.45) is 0.230. The fourth-order valence-electron chi connectivity index (χ4n) is 4.96. The predicted octanol–water partition coefficient (Wildman–Crippen LogP) is 6.10. The van der Waals surface area contributed by atoms with Crippen LogP contribution in [-0.4, -0.2) is 64.2 Å². The maximum Gasteiger partial charge on any atom is 0.274 e. The second-order valence-electron chi connectivity index (χ2n) is 11.4. The van der Waals surface area contributed by atoms with E-state index in [0.29, 0.717) is 22.1 Å².